The smallest absolute Gasteiger partial charge is 0.0897 e. The summed E-state index contributed by atoms with van der Waals surface area (Å²) < 4.78 is 0. The van der Waals surface area contributed by atoms with Crippen LogP contribution in [0.15, 0.2) is 6.20 Å². The van der Waals surface area contributed by atoms with Crippen LogP contribution < -0.4 is 10.6 Å². The second-order valence-corrected chi connectivity index (χ2v) is 6.40. The van der Waals surface area contributed by atoms with Crippen LogP contribution in [0.1, 0.15) is 36.1 Å². The zero-order valence-electron chi connectivity index (χ0n) is 10.9. The summed E-state index contributed by atoms with van der Waals surface area (Å²) in [5.41, 5.74) is 0.470. The average molecular weight is 253 g/mol. The highest BCUT2D eigenvalue weighted by Crippen LogP contribution is 2.29. The van der Waals surface area contributed by atoms with E-state index >= 15 is 0 Å². The van der Waals surface area contributed by atoms with Crippen molar-refractivity contribution in [3.05, 3.63) is 16.1 Å². The minimum Gasteiger partial charge on any atom is -0.316 e. The van der Waals surface area contributed by atoms with Crippen molar-refractivity contribution in [1.82, 2.24) is 15.6 Å². The molecule has 2 rings (SSSR count). The van der Waals surface area contributed by atoms with E-state index in [0.717, 1.165) is 24.6 Å². The summed E-state index contributed by atoms with van der Waals surface area (Å²) in [7, 11) is 0. The van der Waals surface area contributed by atoms with Crippen LogP contribution in [0.25, 0.3) is 0 Å². The quantitative estimate of drug-likeness (QED) is 0.845. The van der Waals surface area contributed by atoms with Gasteiger partial charge in [0, 0.05) is 30.7 Å². The first kappa shape index (κ1) is 13.0. The molecule has 0 aliphatic carbocycles. The third kappa shape index (κ3) is 3.50. The molecule has 1 saturated heterocycles. The third-order valence-electron chi connectivity index (χ3n) is 3.78. The summed E-state index contributed by atoms with van der Waals surface area (Å²) >= 11 is 1.79. The van der Waals surface area contributed by atoms with E-state index < -0.39 is 0 Å². The Morgan fingerprint density at radius 3 is 3.06 bits per heavy atom. The Labute approximate surface area is 108 Å². The summed E-state index contributed by atoms with van der Waals surface area (Å²) in [5, 5.41) is 8.30. The lowest BCUT2D eigenvalue weighted by molar-refractivity contribution is 0.192. The lowest BCUT2D eigenvalue weighted by Gasteiger charge is -2.37. The number of hydrogen-bond acceptors (Lipinski definition) is 4. The van der Waals surface area contributed by atoms with E-state index in [1.807, 2.05) is 6.20 Å². The van der Waals surface area contributed by atoms with Crippen molar-refractivity contribution in [2.75, 3.05) is 19.6 Å². The largest absolute Gasteiger partial charge is 0.316 e. The molecular weight excluding hydrogens is 230 g/mol. The molecule has 96 valence electrons. The second-order valence-electron chi connectivity index (χ2n) is 5.08. The summed E-state index contributed by atoms with van der Waals surface area (Å²) in [6.07, 6.45) is 5.92. The maximum atomic E-state index is 4.29. The van der Waals surface area contributed by atoms with E-state index in [-0.39, 0.29) is 0 Å². The lowest BCUT2D eigenvalue weighted by atomic mass is 9.78. The van der Waals surface area contributed by atoms with Gasteiger partial charge in [0.2, 0.25) is 0 Å². The van der Waals surface area contributed by atoms with Gasteiger partial charge in [-0.15, -0.1) is 11.3 Å². The molecule has 1 fully saturated rings. The van der Waals surface area contributed by atoms with Gasteiger partial charge in [0.05, 0.1) is 5.01 Å². The van der Waals surface area contributed by atoms with Gasteiger partial charge in [-0.2, -0.15) is 0 Å². The van der Waals surface area contributed by atoms with Crippen LogP contribution in [0.4, 0.5) is 0 Å². The number of hydrogen-bond donors (Lipinski definition) is 2. The van der Waals surface area contributed by atoms with Gasteiger partial charge in [0.15, 0.2) is 0 Å². The first-order valence-electron chi connectivity index (χ1n) is 6.57. The van der Waals surface area contributed by atoms with E-state index in [1.54, 1.807) is 11.3 Å². The van der Waals surface area contributed by atoms with Crippen LogP contribution in [0.3, 0.4) is 0 Å². The van der Waals surface area contributed by atoms with Gasteiger partial charge in [0.25, 0.3) is 0 Å². The molecule has 1 aromatic heterocycles. The molecule has 4 heteroatoms. The van der Waals surface area contributed by atoms with Gasteiger partial charge in [-0.3, -0.25) is 0 Å². The monoisotopic (exact) mass is 253 g/mol. The molecule has 1 atom stereocenters. The van der Waals surface area contributed by atoms with Crippen LogP contribution >= 0.6 is 11.3 Å². The average Bonchev–Trinajstić information content (AvgIpc) is 2.76. The first-order chi connectivity index (χ1) is 8.24. The zero-order valence-corrected chi connectivity index (χ0v) is 11.7. The molecule has 17 heavy (non-hydrogen) atoms. The number of aryl methyl sites for hydroxylation is 1. The summed E-state index contributed by atoms with van der Waals surface area (Å²) in [5.74, 6) is 0. The SMILES string of the molecule is CCC1(CNCc2cnc(C)s2)CCCNC1. The number of aromatic nitrogens is 1. The zero-order chi connectivity index (χ0) is 12.1. The van der Waals surface area contributed by atoms with Gasteiger partial charge in [0.1, 0.15) is 0 Å². The second kappa shape index (κ2) is 5.94. The summed E-state index contributed by atoms with van der Waals surface area (Å²) in [6, 6.07) is 0. The van der Waals surface area contributed by atoms with Gasteiger partial charge in [-0.1, -0.05) is 6.92 Å². The summed E-state index contributed by atoms with van der Waals surface area (Å²) in [6.45, 7) is 8.81. The van der Waals surface area contributed by atoms with Crippen LogP contribution in [-0.2, 0) is 6.54 Å². The predicted molar refractivity (Wildman–Crippen MR) is 73.4 cm³/mol. The minimum atomic E-state index is 0.470. The van der Waals surface area contributed by atoms with Crippen molar-refractivity contribution in [3.63, 3.8) is 0 Å². The van der Waals surface area contributed by atoms with E-state index in [9.17, 15) is 0 Å². The Bertz CT molecular complexity index is 342. The van der Waals surface area contributed by atoms with Crippen molar-refractivity contribution >= 4 is 11.3 Å². The van der Waals surface area contributed by atoms with E-state index in [1.165, 1.54) is 30.7 Å². The molecule has 0 bridgehead atoms. The Hall–Kier alpha value is -0.450. The number of thiazole rings is 1. The predicted octanol–water partition coefficient (Wildman–Crippen LogP) is 2.32. The molecule has 0 aromatic carbocycles. The highest BCUT2D eigenvalue weighted by molar-refractivity contribution is 7.11. The molecule has 0 saturated carbocycles. The van der Waals surface area contributed by atoms with Crippen molar-refractivity contribution in [3.8, 4) is 0 Å². The van der Waals surface area contributed by atoms with Gasteiger partial charge < -0.3 is 10.6 Å². The molecule has 2 heterocycles. The van der Waals surface area contributed by atoms with Crippen LogP contribution in [0, 0.1) is 12.3 Å². The molecule has 1 aromatic rings. The Kier molecular flexibility index (Phi) is 4.54. The van der Waals surface area contributed by atoms with Gasteiger partial charge in [-0.05, 0) is 38.1 Å². The van der Waals surface area contributed by atoms with Gasteiger partial charge >= 0.3 is 0 Å². The first-order valence-corrected chi connectivity index (χ1v) is 7.38. The highest BCUT2D eigenvalue weighted by atomic mass is 32.1. The van der Waals surface area contributed by atoms with E-state index in [0.29, 0.717) is 5.41 Å². The van der Waals surface area contributed by atoms with Crippen LogP contribution in [-0.4, -0.2) is 24.6 Å². The van der Waals surface area contributed by atoms with Gasteiger partial charge in [-0.25, -0.2) is 4.98 Å². The molecule has 1 unspecified atom stereocenters. The standard InChI is InChI=1S/C13H23N3S/c1-3-13(5-4-6-14-9-13)10-15-7-12-8-16-11(2)17-12/h8,14-15H,3-7,9-10H2,1-2H3. The fourth-order valence-corrected chi connectivity index (χ4v) is 3.31. The summed E-state index contributed by atoms with van der Waals surface area (Å²) in [4.78, 5) is 5.63. The fraction of sp³-hybridized carbons (Fsp3) is 0.769. The molecule has 0 radical (unpaired) electrons. The van der Waals surface area contributed by atoms with Crippen molar-refractivity contribution < 1.29 is 0 Å². The molecule has 0 amide bonds. The van der Waals surface area contributed by atoms with E-state index in [4.69, 9.17) is 0 Å². The molecule has 1 aliphatic heterocycles. The van der Waals surface area contributed by atoms with Crippen LogP contribution in [0.2, 0.25) is 0 Å². The Morgan fingerprint density at radius 1 is 1.59 bits per heavy atom. The molecule has 2 N–H and O–H groups in total. The Balaban J connectivity index is 1.79. The molecule has 0 spiro atoms. The highest BCUT2D eigenvalue weighted by Gasteiger charge is 2.29. The number of rotatable bonds is 5. The maximum absolute atomic E-state index is 4.29. The van der Waals surface area contributed by atoms with Crippen molar-refractivity contribution in [2.45, 2.75) is 39.7 Å². The molecule has 3 nitrogen and oxygen atoms in total. The lowest BCUT2D eigenvalue weighted by Crippen LogP contribution is -2.45. The third-order valence-corrected chi connectivity index (χ3v) is 4.69. The molecular formula is C13H23N3S. The number of piperidine rings is 1. The molecule has 1 aliphatic rings. The van der Waals surface area contributed by atoms with Crippen LogP contribution in [0.5, 0.6) is 0 Å². The Morgan fingerprint density at radius 2 is 2.47 bits per heavy atom. The fourth-order valence-electron chi connectivity index (χ4n) is 2.55. The maximum Gasteiger partial charge on any atom is 0.0897 e. The topological polar surface area (TPSA) is 37.0 Å². The number of nitrogens with zero attached hydrogens (tertiary/aromatic N) is 1. The van der Waals surface area contributed by atoms with E-state index in [2.05, 4.69) is 29.5 Å². The van der Waals surface area contributed by atoms with Crippen molar-refractivity contribution in [1.29, 1.82) is 0 Å². The minimum absolute atomic E-state index is 0.470. The normalized spacial score (nSPS) is 25.1. The van der Waals surface area contributed by atoms with Crippen molar-refractivity contribution in [2.24, 2.45) is 5.41 Å². The number of nitrogens with one attached hydrogen (secondary N) is 2.